The molecule has 0 spiro atoms. The van der Waals surface area contributed by atoms with Crippen molar-refractivity contribution in [1.29, 1.82) is 0 Å². The molecular formula is C21H26FN10O8PS. The maximum atomic E-state index is 15.3. The third kappa shape index (κ3) is 5.25. The number of aromatic amines is 1. The van der Waals surface area contributed by atoms with E-state index < -0.39 is 61.8 Å². The minimum Gasteiger partial charge on any atom is -0.394 e. The van der Waals surface area contributed by atoms with Gasteiger partial charge in [0, 0.05) is 12.8 Å². The number of aliphatic hydroxyl groups is 2. The first-order chi connectivity index (χ1) is 20.1. The fourth-order valence-corrected chi connectivity index (χ4v) is 6.47. The SMILES string of the molecule is Nc1nc2c(ncn2[C@@H]2O[C@H](CO)[C@@H](F)[C@H]2OP(O)(=S)OCC[C@H]2O[C@@H](c3cnc4c(N)ncnn34)C[C@@H]2O)c(=O)[nH]1. The summed E-state index contributed by atoms with van der Waals surface area (Å²) in [6.45, 7) is -5.02. The van der Waals surface area contributed by atoms with E-state index in [2.05, 4.69) is 30.0 Å². The summed E-state index contributed by atoms with van der Waals surface area (Å²) in [4.78, 5) is 41.4. The van der Waals surface area contributed by atoms with Crippen LogP contribution in [0, 0.1) is 0 Å². The molecule has 0 aliphatic carbocycles. The monoisotopic (exact) mass is 628 g/mol. The van der Waals surface area contributed by atoms with E-state index in [9.17, 15) is 19.9 Å². The second-order valence-corrected chi connectivity index (χ2v) is 12.4. The first kappa shape index (κ1) is 28.9. The summed E-state index contributed by atoms with van der Waals surface area (Å²) in [7, 11) is 0. The molecule has 0 saturated carbocycles. The molecule has 2 aliphatic heterocycles. The Bertz CT molecular complexity index is 1720. The summed E-state index contributed by atoms with van der Waals surface area (Å²) in [5.74, 6) is -0.0207. The molecule has 4 aromatic rings. The molecule has 0 radical (unpaired) electrons. The van der Waals surface area contributed by atoms with Gasteiger partial charge in [-0.1, -0.05) is 0 Å². The highest BCUT2D eigenvalue weighted by atomic mass is 32.5. The average Bonchev–Trinajstić information content (AvgIpc) is 3.70. The van der Waals surface area contributed by atoms with Crippen LogP contribution in [0.1, 0.15) is 30.9 Å². The van der Waals surface area contributed by atoms with E-state index in [1.54, 1.807) is 0 Å². The first-order valence-corrected chi connectivity index (χ1v) is 15.2. The van der Waals surface area contributed by atoms with Crippen LogP contribution in [0.3, 0.4) is 0 Å². The van der Waals surface area contributed by atoms with E-state index >= 15 is 4.39 Å². The van der Waals surface area contributed by atoms with E-state index in [0.29, 0.717) is 11.3 Å². The van der Waals surface area contributed by atoms with E-state index in [1.807, 2.05) is 0 Å². The summed E-state index contributed by atoms with van der Waals surface area (Å²) < 4.78 is 40.5. The highest BCUT2D eigenvalue weighted by Gasteiger charge is 2.49. The number of nitrogen functional groups attached to an aromatic ring is 2. The van der Waals surface area contributed by atoms with Crippen molar-refractivity contribution in [3.05, 3.63) is 34.9 Å². The number of aromatic nitrogens is 8. The number of aliphatic hydroxyl groups excluding tert-OH is 2. The number of H-pyrrole nitrogens is 1. The summed E-state index contributed by atoms with van der Waals surface area (Å²) in [5.41, 5.74) is 11.6. The normalized spacial score (nSPS) is 29.5. The molecule has 1 unspecified atom stereocenters. The summed E-state index contributed by atoms with van der Waals surface area (Å²) in [6, 6.07) is 0. The standard InChI is InChI=1S/C21H26FN10O8PS/c22-13-12(5-33)39-20(31-7-27-14-17(31)29-21(24)30-19(14)35)15(13)40-41(36,42)37-2-1-10-9(34)3-11(38-10)8-4-25-18-16(23)26-6-28-32(8)18/h4,6-7,9-13,15,20,33-34H,1-3,5H2,(H,36,42)(H2,23,26,28)(H3,24,29,30,35)/t9-,10+,11+,12+,13+,15+,20+,41?/m0/s1. The van der Waals surface area contributed by atoms with Gasteiger partial charge < -0.3 is 40.6 Å². The molecule has 0 aromatic carbocycles. The highest BCUT2D eigenvalue weighted by molar-refractivity contribution is 8.07. The quantitative estimate of drug-likeness (QED) is 0.120. The van der Waals surface area contributed by atoms with Crippen molar-refractivity contribution in [2.45, 2.75) is 55.8 Å². The topological polar surface area (TPSA) is 256 Å². The van der Waals surface area contributed by atoms with Gasteiger partial charge in [-0.05, 0) is 11.8 Å². The van der Waals surface area contributed by atoms with E-state index in [1.165, 1.54) is 27.9 Å². The van der Waals surface area contributed by atoms with Gasteiger partial charge in [0.05, 0.1) is 43.6 Å². The Morgan fingerprint density at radius 3 is 2.83 bits per heavy atom. The van der Waals surface area contributed by atoms with Crippen LogP contribution in [-0.2, 0) is 30.3 Å². The second-order valence-electron chi connectivity index (χ2n) is 9.66. The van der Waals surface area contributed by atoms with Gasteiger partial charge in [-0.25, -0.2) is 23.9 Å². The summed E-state index contributed by atoms with van der Waals surface area (Å²) in [5, 5.41) is 24.3. The molecule has 8 atom stereocenters. The molecule has 226 valence electrons. The number of halogens is 1. The molecule has 42 heavy (non-hydrogen) atoms. The van der Waals surface area contributed by atoms with Gasteiger partial charge >= 0.3 is 6.72 Å². The van der Waals surface area contributed by atoms with Crippen LogP contribution < -0.4 is 17.0 Å². The Morgan fingerprint density at radius 1 is 1.24 bits per heavy atom. The van der Waals surface area contributed by atoms with Crippen LogP contribution in [0.4, 0.5) is 16.2 Å². The molecule has 4 aromatic heterocycles. The zero-order valence-corrected chi connectivity index (χ0v) is 23.2. The number of nitrogens with one attached hydrogen (secondary N) is 1. The molecule has 8 N–H and O–H groups in total. The van der Waals surface area contributed by atoms with Gasteiger partial charge in [0.2, 0.25) is 5.95 Å². The zero-order valence-electron chi connectivity index (χ0n) is 21.5. The molecule has 6 heterocycles. The Balaban J connectivity index is 1.12. The van der Waals surface area contributed by atoms with Gasteiger partial charge in [-0.3, -0.25) is 18.9 Å². The van der Waals surface area contributed by atoms with Crippen LogP contribution in [0.2, 0.25) is 0 Å². The number of alkyl halides is 1. The maximum absolute atomic E-state index is 15.3. The predicted molar refractivity (Wildman–Crippen MR) is 144 cm³/mol. The van der Waals surface area contributed by atoms with Crippen LogP contribution in [0.15, 0.2) is 23.6 Å². The largest absolute Gasteiger partial charge is 0.394 e. The lowest BCUT2D eigenvalue weighted by Gasteiger charge is -2.25. The Labute approximate surface area is 239 Å². The summed E-state index contributed by atoms with van der Waals surface area (Å²) >= 11 is 5.13. The fraction of sp³-hybridized carbons (Fsp3) is 0.524. The maximum Gasteiger partial charge on any atom is 0.325 e. The molecule has 6 rings (SSSR count). The van der Waals surface area contributed by atoms with Gasteiger partial charge in [0.1, 0.15) is 24.6 Å². The zero-order chi connectivity index (χ0) is 29.8. The molecule has 2 fully saturated rings. The van der Waals surface area contributed by atoms with Gasteiger partial charge in [0.15, 0.2) is 35.0 Å². The average molecular weight is 629 g/mol. The van der Waals surface area contributed by atoms with Crippen molar-refractivity contribution in [1.82, 2.24) is 39.1 Å². The lowest BCUT2D eigenvalue weighted by Crippen LogP contribution is -2.32. The second kappa shape index (κ2) is 11.1. The number of imidazole rings is 2. The van der Waals surface area contributed by atoms with Crippen LogP contribution >= 0.6 is 6.72 Å². The van der Waals surface area contributed by atoms with Crippen molar-refractivity contribution in [3.63, 3.8) is 0 Å². The molecule has 2 saturated heterocycles. The molecular weight excluding hydrogens is 602 g/mol. The molecule has 21 heteroatoms. The van der Waals surface area contributed by atoms with E-state index in [-0.39, 0.29) is 42.4 Å². The number of rotatable bonds is 9. The third-order valence-corrected chi connectivity index (χ3v) is 8.58. The van der Waals surface area contributed by atoms with Gasteiger partial charge in [0.25, 0.3) is 5.56 Å². The van der Waals surface area contributed by atoms with Crippen molar-refractivity contribution >= 4 is 47.1 Å². The third-order valence-electron chi connectivity index (χ3n) is 6.99. The van der Waals surface area contributed by atoms with Crippen LogP contribution in [0.5, 0.6) is 0 Å². The minimum absolute atomic E-state index is 0.0326. The summed E-state index contributed by atoms with van der Waals surface area (Å²) in [6.07, 6.45) is -4.00. The highest BCUT2D eigenvalue weighted by Crippen LogP contribution is 2.50. The van der Waals surface area contributed by atoms with Gasteiger partial charge in [-0.15, -0.1) is 0 Å². The Hall–Kier alpha value is -3.20. The molecule has 0 bridgehead atoms. The number of fused-ring (bicyclic) bond motifs is 2. The van der Waals surface area contributed by atoms with Crippen molar-refractivity contribution < 1.29 is 38.0 Å². The van der Waals surface area contributed by atoms with Gasteiger partial charge in [-0.2, -0.15) is 10.1 Å². The Morgan fingerprint density at radius 2 is 2.05 bits per heavy atom. The minimum atomic E-state index is -4.11. The predicted octanol–water partition coefficient (Wildman–Crippen LogP) is -1.15. The number of hydrogen-bond donors (Lipinski definition) is 6. The number of anilines is 2. The fourth-order valence-electron chi connectivity index (χ4n) is 5.03. The number of ether oxygens (including phenoxy) is 2. The van der Waals surface area contributed by atoms with Crippen molar-refractivity contribution in [3.8, 4) is 0 Å². The first-order valence-electron chi connectivity index (χ1n) is 12.6. The number of nitrogens with zero attached hydrogens (tertiary/aromatic N) is 7. The van der Waals surface area contributed by atoms with Crippen molar-refractivity contribution in [2.24, 2.45) is 0 Å². The smallest absolute Gasteiger partial charge is 0.325 e. The van der Waals surface area contributed by atoms with E-state index in [4.69, 9.17) is 41.8 Å². The van der Waals surface area contributed by atoms with Crippen LogP contribution in [-0.4, -0.2) is 98.0 Å². The van der Waals surface area contributed by atoms with E-state index in [0.717, 1.165) is 0 Å². The number of nitrogens with two attached hydrogens (primary N) is 2. The lowest BCUT2D eigenvalue weighted by atomic mass is 10.1. The van der Waals surface area contributed by atoms with Crippen molar-refractivity contribution in [2.75, 3.05) is 24.7 Å². The Kier molecular flexibility index (Phi) is 7.66. The molecule has 0 amide bonds. The molecule has 18 nitrogen and oxygen atoms in total. The molecule has 2 aliphatic rings. The lowest BCUT2D eigenvalue weighted by molar-refractivity contribution is -0.0482. The van der Waals surface area contributed by atoms with Crippen LogP contribution in [0.25, 0.3) is 16.8 Å². The number of hydrogen-bond acceptors (Lipinski definition) is 15.